The summed E-state index contributed by atoms with van der Waals surface area (Å²) in [4.78, 5) is 3.98. The van der Waals surface area contributed by atoms with Crippen LogP contribution in [-0.4, -0.2) is 35.0 Å². The molecule has 1 aliphatic heterocycles. The van der Waals surface area contributed by atoms with Gasteiger partial charge in [0.15, 0.2) is 0 Å². The number of pyridine rings is 1. The van der Waals surface area contributed by atoms with Crippen LogP contribution in [0.4, 0.5) is 0 Å². The molecule has 0 aromatic carbocycles. The fourth-order valence-electron chi connectivity index (χ4n) is 1.92. The van der Waals surface area contributed by atoms with Gasteiger partial charge in [-0.2, -0.15) is 0 Å². The van der Waals surface area contributed by atoms with Crippen LogP contribution in [0.15, 0.2) is 22.2 Å². The van der Waals surface area contributed by atoms with Crippen LogP contribution in [0.1, 0.15) is 33.3 Å². The van der Waals surface area contributed by atoms with E-state index >= 15 is 0 Å². The van der Waals surface area contributed by atoms with E-state index in [9.17, 15) is 5.11 Å². The Bertz CT molecular complexity index is 561. The lowest BCUT2D eigenvalue weighted by molar-refractivity contribution is 0.00578. The van der Waals surface area contributed by atoms with Gasteiger partial charge in [0.2, 0.25) is 0 Å². The standard InChI is InChI=1S/C14H18BBrClNO3/c1-13(2)14(3,4)21-15(20-13)10(8-19)5-9-6-12(17)18-7-11(9)16/h5-7,19H,8H2,1-4H3. The molecule has 7 heteroatoms. The molecule has 0 atom stereocenters. The van der Waals surface area contributed by atoms with Gasteiger partial charge < -0.3 is 14.4 Å². The van der Waals surface area contributed by atoms with Crippen molar-refractivity contribution in [2.24, 2.45) is 0 Å². The Morgan fingerprint density at radius 1 is 1.38 bits per heavy atom. The van der Waals surface area contributed by atoms with Crippen LogP contribution in [0.5, 0.6) is 0 Å². The molecule has 4 nitrogen and oxygen atoms in total. The van der Waals surface area contributed by atoms with Crippen molar-refractivity contribution < 1.29 is 14.4 Å². The van der Waals surface area contributed by atoms with Crippen LogP contribution < -0.4 is 0 Å². The van der Waals surface area contributed by atoms with E-state index in [1.165, 1.54) is 0 Å². The molecule has 0 spiro atoms. The molecule has 1 saturated heterocycles. The molecule has 2 heterocycles. The Labute approximate surface area is 138 Å². The van der Waals surface area contributed by atoms with Crippen molar-refractivity contribution in [3.63, 3.8) is 0 Å². The van der Waals surface area contributed by atoms with Crippen LogP contribution >= 0.6 is 27.5 Å². The van der Waals surface area contributed by atoms with Crippen LogP contribution in [0.25, 0.3) is 6.08 Å². The van der Waals surface area contributed by atoms with Crippen molar-refractivity contribution in [2.75, 3.05) is 6.61 Å². The smallest absolute Gasteiger partial charge is 0.400 e. The maximum absolute atomic E-state index is 9.66. The lowest BCUT2D eigenvalue weighted by Crippen LogP contribution is -2.41. The van der Waals surface area contributed by atoms with Crippen molar-refractivity contribution in [2.45, 2.75) is 38.9 Å². The molecule has 1 aliphatic rings. The summed E-state index contributed by atoms with van der Waals surface area (Å²) in [5.41, 5.74) is 0.559. The van der Waals surface area contributed by atoms with Gasteiger partial charge in [-0.05, 0) is 60.7 Å². The molecule has 114 valence electrons. The molecule has 1 aromatic heterocycles. The second-order valence-electron chi connectivity index (χ2n) is 5.99. The summed E-state index contributed by atoms with van der Waals surface area (Å²) in [5, 5.41) is 10.0. The van der Waals surface area contributed by atoms with Crippen LogP contribution in [0.3, 0.4) is 0 Å². The predicted octanol–water partition coefficient (Wildman–Crippen LogP) is 3.50. The molecule has 1 aromatic rings. The lowest BCUT2D eigenvalue weighted by atomic mass is 9.77. The van der Waals surface area contributed by atoms with E-state index in [1.807, 2.05) is 27.7 Å². The molecule has 0 unspecified atom stereocenters. The summed E-state index contributed by atoms with van der Waals surface area (Å²) in [7, 11) is -0.584. The number of aliphatic hydroxyl groups excluding tert-OH is 1. The Morgan fingerprint density at radius 2 is 1.95 bits per heavy atom. The molecule has 1 N–H and O–H groups in total. The van der Waals surface area contributed by atoms with Crippen LogP contribution in [-0.2, 0) is 9.31 Å². The van der Waals surface area contributed by atoms with E-state index in [-0.39, 0.29) is 6.61 Å². The van der Waals surface area contributed by atoms with Gasteiger partial charge >= 0.3 is 7.12 Å². The molecule has 0 aliphatic carbocycles. The third-order valence-electron chi connectivity index (χ3n) is 3.93. The van der Waals surface area contributed by atoms with Crippen molar-refractivity contribution in [1.82, 2.24) is 4.98 Å². The molecular weight excluding hydrogens is 356 g/mol. The normalized spacial score (nSPS) is 20.9. The largest absolute Gasteiger partial charge is 0.492 e. The average molecular weight is 374 g/mol. The van der Waals surface area contributed by atoms with Crippen molar-refractivity contribution in [3.8, 4) is 0 Å². The first-order valence-corrected chi connectivity index (χ1v) is 7.81. The number of aromatic nitrogens is 1. The topological polar surface area (TPSA) is 51.6 Å². The first-order chi connectivity index (χ1) is 9.66. The number of halogens is 2. The molecule has 0 saturated carbocycles. The van der Waals surface area contributed by atoms with Gasteiger partial charge in [0.25, 0.3) is 0 Å². The van der Waals surface area contributed by atoms with Gasteiger partial charge in [-0.3, -0.25) is 0 Å². The zero-order valence-corrected chi connectivity index (χ0v) is 14.8. The fourth-order valence-corrected chi connectivity index (χ4v) is 2.42. The highest BCUT2D eigenvalue weighted by molar-refractivity contribution is 9.10. The van der Waals surface area contributed by atoms with Crippen LogP contribution in [0.2, 0.25) is 5.15 Å². The second-order valence-corrected chi connectivity index (χ2v) is 7.24. The van der Waals surface area contributed by atoms with Crippen molar-refractivity contribution in [1.29, 1.82) is 0 Å². The summed E-state index contributed by atoms with van der Waals surface area (Å²) >= 11 is 9.32. The summed E-state index contributed by atoms with van der Waals surface area (Å²) < 4.78 is 12.7. The van der Waals surface area contributed by atoms with E-state index in [0.29, 0.717) is 10.6 Å². The van der Waals surface area contributed by atoms with Gasteiger partial charge in [-0.15, -0.1) is 0 Å². The molecule has 21 heavy (non-hydrogen) atoms. The van der Waals surface area contributed by atoms with Gasteiger partial charge in [-0.1, -0.05) is 17.7 Å². The molecular formula is C14H18BBrClNO3. The molecule has 0 amide bonds. The van der Waals surface area contributed by atoms with Crippen molar-refractivity contribution >= 4 is 40.7 Å². The highest BCUT2D eigenvalue weighted by atomic mass is 79.9. The van der Waals surface area contributed by atoms with Gasteiger partial charge in [0, 0.05) is 10.7 Å². The first kappa shape index (κ1) is 17.0. The Hall–Kier alpha value is -0.395. The molecule has 1 fully saturated rings. The SMILES string of the molecule is CC1(C)OB(C(=Cc2cc(Cl)ncc2Br)CO)OC1(C)C. The molecule has 2 rings (SSSR count). The minimum atomic E-state index is -0.584. The molecule has 0 bridgehead atoms. The number of hydrogen-bond donors (Lipinski definition) is 1. The van der Waals surface area contributed by atoms with Gasteiger partial charge in [0.1, 0.15) is 5.15 Å². The third kappa shape index (κ3) is 3.51. The zero-order chi connectivity index (χ0) is 15.8. The maximum atomic E-state index is 9.66. The second kappa shape index (κ2) is 6.01. The number of rotatable bonds is 3. The number of nitrogens with zero attached hydrogens (tertiary/aromatic N) is 1. The highest BCUT2D eigenvalue weighted by Gasteiger charge is 2.52. The highest BCUT2D eigenvalue weighted by Crippen LogP contribution is 2.39. The minimum Gasteiger partial charge on any atom is -0.400 e. The van der Waals surface area contributed by atoms with E-state index in [2.05, 4.69) is 20.9 Å². The zero-order valence-electron chi connectivity index (χ0n) is 12.5. The fraction of sp³-hybridized carbons (Fsp3) is 0.500. The molecule has 0 radical (unpaired) electrons. The van der Waals surface area contributed by atoms with E-state index in [0.717, 1.165) is 10.0 Å². The number of hydrogen-bond acceptors (Lipinski definition) is 4. The predicted molar refractivity (Wildman–Crippen MR) is 88.1 cm³/mol. The Kier molecular flexibility index (Phi) is 4.86. The summed E-state index contributed by atoms with van der Waals surface area (Å²) in [5.74, 6) is 0. The van der Waals surface area contributed by atoms with Crippen LogP contribution in [0, 0.1) is 0 Å². The third-order valence-corrected chi connectivity index (χ3v) is 4.80. The quantitative estimate of drug-likeness (QED) is 0.650. The number of aliphatic hydroxyl groups is 1. The lowest BCUT2D eigenvalue weighted by Gasteiger charge is -2.32. The Morgan fingerprint density at radius 3 is 2.48 bits per heavy atom. The van der Waals surface area contributed by atoms with Gasteiger partial charge in [0.05, 0.1) is 17.8 Å². The summed E-state index contributed by atoms with van der Waals surface area (Å²) in [6.07, 6.45) is 3.42. The van der Waals surface area contributed by atoms with E-state index in [4.69, 9.17) is 20.9 Å². The summed E-state index contributed by atoms with van der Waals surface area (Å²) in [6, 6.07) is 1.71. The van der Waals surface area contributed by atoms with E-state index in [1.54, 1.807) is 18.3 Å². The minimum absolute atomic E-state index is 0.163. The monoisotopic (exact) mass is 373 g/mol. The maximum Gasteiger partial charge on any atom is 0.492 e. The van der Waals surface area contributed by atoms with E-state index < -0.39 is 18.3 Å². The van der Waals surface area contributed by atoms with Crippen molar-refractivity contribution in [3.05, 3.63) is 32.9 Å². The Balaban J connectivity index is 2.33. The van der Waals surface area contributed by atoms with Gasteiger partial charge in [-0.25, -0.2) is 4.98 Å². The average Bonchev–Trinajstić information content (AvgIpc) is 2.59. The summed E-state index contributed by atoms with van der Waals surface area (Å²) in [6.45, 7) is 7.73. The first-order valence-electron chi connectivity index (χ1n) is 6.64.